The third-order valence-electron chi connectivity index (χ3n) is 2.65. The van der Waals surface area contributed by atoms with E-state index < -0.39 is 10.0 Å². The van der Waals surface area contributed by atoms with Crippen LogP contribution in [0.4, 0.5) is 0 Å². The molecular weight excluding hydrogens is 252 g/mol. The first kappa shape index (κ1) is 12.7. The Morgan fingerprint density at radius 1 is 1.33 bits per heavy atom. The van der Waals surface area contributed by atoms with E-state index in [1.165, 1.54) is 16.7 Å². The molecule has 18 heavy (non-hydrogen) atoms. The minimum Gasteiger partial charge on any atom is -0.284 e. The van der Waals surface area contributed by atoms with E-state index >= 15 is 0 Å². The van der Waals surface area contributed by atoms with E-state index in [4.69, 9.17) is 0 Å². The molecule has 6 nitrogen and oxygen atoms in total. The summed E-state index contributed by atoms with van der Waals surface area (Å²) in [7, 11) is -1.88. The second-order valence-electron chi connectivity index (χ2n) is 3.87. The molecule has 0 aromatic carbocycles. The van der Waals surface area contributed by atoms with Crippen LogP contribution in [0.3, 0.4) is 0 Å². The van der Waals surface area contributed by atoms with Crippen molar-refractivity contribution >= 4 is 10.0 Å². The summed E-state index contributed by atoms with van der Waals surface area (Å²) in [4.78, 5) is 4.10. The maximum Gasteiger partial charge on any atom is 0.245 e. The van der Waals surface area contributed by atoms with Crippen LogP contribution in [-0.4, -0.2) is 41.5 Å². The molecule has 7 heteroatoms. The fraction of sp³-hybridized carbons (Fsp3) is 0.273. The predicted octanol–water partition coefficient (Wildman–Crippen LogP) is 0.668. The van der Waals surface area contributed by atoms with Crippen molar-refractivity contribution in [2.75, 3.05) is 13.6 Å². The summed E-state index contributed by atoms with van der Waals surface area (Å²) in [5.41, 5.74) is 1.05. The van der Waals surface area contributed by atoms with Gasteiger partial charge in [-0.05, 0) is 24.1 Å². The maximum absolute atomic E-state index is 12.1. The molecule has 0 saturated heterocycles. The van der Waals surface area contributed by atoms with E-state index in [-0.39, 0.29) is 4.90 Å². The third kappa shape index (κ3) is 2.74. The van der Waals surface area contributed by atoms with Crippen molar-refractivity contribution in [2.24, 2.45) is 0 Å². The zero-order chi connectivity index (χ0) is 13.0. The van der Waals surface area contributed by atoms with Crippen LogP contribution in [0, 0.1) is 0 Å². The summed E-state index contributed by atoms with van der Waals surface area (Å²) in [6.07, 6.45) is 6.71. The highest BCUT2D eigenvalue weighted by atomic mass is 32.2. The Balaban J connectivity index is 2.03. The second-order valence-corrected chi connectivity index (χ2v) is 5.91. The zero-order valence-electron chi connectivity index (χ0n) is 9.94. The summed E-state index contributed by atoms with van der Waals surface area (Å²) in [6, 6.07) is 3.75. The molecular formula is C11H14N4O2S. The topological polar surface area (TPSA) is 79.0 Å². The number of aromatic amines is 1. The number of pyridine rings is 1. The molecule has 0 aliphatic rings. The Kier molecular flexibility index (Phi) is 3.73. The van der Waals surface area contributed by atoms with Gasteiger partial charge in [0.15, 0.2) is 0 Å². The highest BCUT2D eigenvalue weighted by Gasteiger charge is 2.21. The van der Waals surface area contributed by atoms with Gasteiger partial charge < -0.3 is 0 Å². The lowest BCUT2D eigenvalue weighted by Gasteiger charge is -2.15. The van der Waals surface area contributed by atoms with Crippen molar-refractivity contribution in [3.63, 3.8) is 0 Å². The number of hydrogen-bond acceptors (Lipinski definition) is 4. The van der Waals surface area contributed by atoms with E-state index in [0.29, 0.717) is 13.0 Å². The average molecular weight is 266 g/mol. The lowest BCUT2D eigenvalue weighted by atomic mass is 10.2. The lowest BCUT2D eigenvalue weighted by molar-refractivity contribution is 0.472. The Hall–Kier alpha value is -1.73. The van der Waals surface area contributed by atoms with E-state index in [0.717, 1.165) is 5.56 Å². The van der Waals surface area contributed by atoms with E-state index in [1.54, 1.807) is 19.4 Å². The van der Waals surface area contributed by atoms with Crippen LogP contribution in [0.25, 0.3) is 0 Å². The van der Waals surface area contributed by atoms with Crippen LogP contribution >= 0.6 is 0 Å². The maximum atomic E-state index is 12.1. The highest BCUT2D eigenvalue weighted by Crippen LogP contribution is 2.12. The molecule has 0 unspecified atom stereocenters. The Morgan fingerprint density at radius 2 is 2.06 bits per heavy atom. The van der Waals surface area contributed by atoms with Gasteiger partial charge in [0.1, 0.15) is 4.90 Å². The van der Waals surface area contributed by atoms with Gasteiger partial charge in [-0.15, -0.1) is 0 Å². The van der Waals surface area contributed by atoms with Crippen LogP contribution in [0.2, 0.25) is 0 Å². The van der Waals surface area contributed by atoms with E-state index in [1.807, 2.05) is 12.1 Å². The summed E-state index contributed by atoms with van der Waals surface area (Å²) in [5, 5.41) is 6.15. The van der Waals surface area contributed by atoms with Crippen molar-refractivity contribution in [3.05, 3.63) is 42.5 Å². The van der Waals surface area contributed by atoms with Gasteiger partial charge in [0.25, 0.3) is 0 Å². The third-order valence-corrected chi connectivity index (χ3v) is 4.47. The summed E-state index contributed by atoms with van der Waals surface area (Å²) in [5.74, 6) is 0. The molecule has 1 N–H and O–H groups in total. The van der Waals surface area contributed by atoms with Crippen LogP contribution in [0.1, 0.15) is 5.56 Å². The van der Waals surface area contributed by atoms with Crippen LogP contribution < -0.4 is 0 Å². The number of rotatable bonds is 5. The minimum atomic E-state index is -3.44. The average Bonchev–Trinajstić information content (AvgIpc) is 2.91. The molecule has 0 aliphatic heterocycles. The summed E-state index contributed by atoms with van der Waals surface area (Å²) >= 11 is 0. The van der Waals surface area contributed by atoms with E-state index in [2.05, 4.69) is 15.2 Å². The second kappa shape index (κ2) is 5.28. The first-order chi connectivity index (χ1) is 8.60. The molecule has 0 spiro atoms. The van der Waals surface area contributed by atoms with Crippen molar-refractivity contribution in [3.8, 4) is 0 Å². The minimum absolute atomic E-state index is 0.180. The lowest BCUT2D eigenvalue weighted by Crippen LogP contribution is -2.28. The molecule has 0 fully saturated rings. The Morgan fingerprint density at radius 3 is 2.67 bits per heavy atom. The molecule has 0 bridgehead atoms. The number of likely N-dealkylation sites (N-methyl/N-ethyl adjacent to an activating group) is 1. The quantitative estimate of drug-likeness (QED) is 0.862. The number of nitrogens with zero attached hydrogens (tertiary/aromatic N) is 3. The molecule has 96 valence electrons. The SMILES string of the molecule is CN(CCc1ccncc1)S(=O)(=O)c1cn[nH]c1. The standard InChI is InChI=1S/C11H14N4O2S/c1-15(7-4-10-2-5-12-6-3-10)18(16,17)11-8-13-14-9-11/h2-3,5-6,8-9H,4,7H2,1H3,(H,13,14). The molecule has 2 aromatic heterocycles. The molecule has 2 aromatic rings. The number of hydrogen-bond donors (Lipinski definition) is 1. The largest absolute Gasteiger partial charge is 0.284 e. The highest BCUT2D eigenvalue weighted by molar-refractivity contribution is 7.89. The van der Waals surface area contributed by atoms with Crippen LogP contribution in [0.15, 0.2) is 41.8 Å². The van der Waals surface area contributed by atoms with Gasteiger partial charge in [-0.25, -0.2) is 12.7 Å². The fourth-order valence-electron chi connectivity index (χ4n) is 1.52. The first-order valence-corrected chi connectivity index (χ1v) is 6.89. The van der Waals surface area contributed by atoms with Crippen molar-refractivity contribution in [1.82, 2.24) is 19.5 Å². The van der Waals surface area contributed by atoms with Crippen molar-refractivity contribution in [2.45, 2.75) is 11.3 Å². The van der Waals surface area contributed by atoms with Gasteiger partial charge in [-0.1, -0.05) is 0 Å². The summed E-state index contributed by atoms with van der Waals surface area (Å²) in [6.45, 7) is 0.414. The molecule has 0 radical (unpaired) electrons. The molecule has 0 aliphatic carbocycles. The van der Waals surface area contributed by atoms with Gasteiger partial charge in [0, 0.05) is 32.2 Å². The Bertz CT molecular complexity index is 581. The molecule has 0 atom stereocenters. The van der Waals surface area contributed by atoms with Gasteiger partial charge in [0.05, 0.1) is 6.20 Å². The van der Waals surface area contributed by atoms with Crippen LogP contribution in [-0.2, 0) is 16.4 Å². The number of nitrogens with one attached hydrogen (secondary N) is 1. The van der Waals surface area contributed by atoms with Crippen molar-refractivity contribution in [1.29, 1.82) is 0 Å². The van der Waals surface area contributed by atoms with Gasteiger partial charge >= 0.3 is 0 Å². The van der Waals surface area contributed by atoms with Crippen LogP contribution in [0.5, 0.6) is 0 Å². The van der Waals surface area contributed by atoms with Crippen molar-refractivity contribution < 1.29 is 8.42 Å². The predicted molar refractivity (Wildman–Crippen MR) is 66.3 cm³/mol. The van der Waals surface area contributed by atoms with Gasteiger partial charge in [0.2, 0.25) is 10.0 Å². The fourth-order valence-corrected chi connectivity index (χ4v) is 2.60. The molecule has 2 rings (SSSR count). The monoisotopic (exact) mass is 266 g/mol. The summed E-state index contributed by atoms with van der Waals surface area (Å²) < 4.78 is 25.5. The molecule has 0 amide bonds. The molecule has 2 heterocycles. The Labute approximate surface area is 106 Å². The smallest absolute Gasteiger partial charge is 0.245 e. The number of H-pyrrole nitrogens is 1. The van der Waals surface area contributed by atoms with Gasteiger partial charge in [-0.2, -0.15) is 5.10 Å². The first-order valence-electron chi connectivity index (χ1n) is 5.45. The van der Waals surface area contributed by atoms with Gasteiger partial charge in [-0.3, -0.25) is 10.1 Å². The normalized spacial score (nSPS) is 11.9. The number of aromatic nitrogens is 3. The van der Waals surface area contributed by atoms with E-state index in [9.17, 15) is 8.42 Å². The zero-order valence-corrected chi connectivity index (χ0v) is 10.8. The number of sulfonamides is 1. The molecule has 0 saturated carbocycles.